The third-order valence-electron chi connectivity index (χ3n) is 4.06. The zero-order chi connectivity index (χ0) is 16.4. The molecule has 0 aromatic heterocycles. The van der Waals surface area contributed by atoms with E-state index in [1.165, 1.54) is 17.5 Å². The average molecular weight is 349 g/mol. The Morgan fingerprint density at radius 2 is 1.87 bits per heavy atom. The number of hydrogen-bond acceptors (Lipinski definition) is 2. The SMILES string of the molecule is C[C@H](Nc1ccc2c(c1)CCC2)C(=O)Nc1cc(Cl)ccc1Cl. The lowest BCUT2D eigenvalue weighted by atomic mass is 10.1. The number of anilines is 2. The van der Waals surface area contributed by atoms with Crippen molar-refractivity contribution in [3.63, 3.8) is 0 Å². The fraction of sp³-hybridized carbons (Fsp3) is 0.278. The van der Waals surface area contributed by atoms with Crippen LogP contribution >= 0.6 is 23.2 Å². The summed E-state index contributed by atoms with van der Waals surface area (Å²) in [5.41, 5.74) is 4.27. The molecule has 0 heterocycles. The van der Waals surface area contributed by atoms with E-state index < -0.39 is 0 Å². The molecule has 1 amide bonds. The van der Waals surface area contributed by atoms with Gasteiger partial charge in [0.2, 0.25) is 5.91 Å². The normalized spacial score (nSPS) is 14.2. The number of amides is 1. The Labute approximate surface area is 146 Å². The van der Waals surface area contributed by atoms with Gasteiger partial charge in [-0.1, -0.05) is 29.3 Å². The first-order chi connectivity index (χ1) is 11.0. The summed E-state index contributed by atoms with van der Waals surface area (Å²) in [4.78, 5) is 12.3. The van der Waals surface area contributed by atoms with Crippen LogP contribution in [-0.4, -0.2) is 11.9 Å². The van der Waals surface area contributed by atoms with Gasteiger partial charge in [0.1, 0.15) is 6.04 Å². The molecule has 2 N–H and O–H groups in total. The Morgan fingerprint density at radius 1 is 1.09 bits per heavy atom. The molecule has 0 aliphatic heterocycles. The fourth-order valence-electron chi connectivity index (χ4n) is 2.81. The highest BCUT2D eigenvalue weighted by atomic mass is 35.5. The Kier molecular flexibility index (Phi) is 4.79. The predicted molar refractivity (Wildman–Crippen MR) is 96.6 cm³/mol. The van der Waals surface area contributed by atoms with Gasteiger partial charge in [-0.2, -0.15) is 0 Å². The summed E-state index contributed by atoms with van der Waals surface area (Å²) in [5, 5.41) is 7.04. The molecule has 5 heteroatoms. The maximum atomic E-state index is 12.3. The van der Waals surface area contributed by atoms with E-state index in [-0.39, 0.29) is 11.9 Å². The van der Waals surface area contributed by atoms with Gasteiger partial charge in [0.25, 0.3) is 0 Å². The van der Waals surface area contributed by atoms with Crippen LogP contribution in [0.3, 0.4) is 0 Å². The Bertz CT molecular complexity index is 746. The number of nitrogens with one attached hydrogen (secondary N) is 2. The summed E-state index contributed by atoms with van der Waals surface area (Å²) in [5.74, 6) is -0.158. The second-order valence-electron chi connectivity index (χ2n) is 5.82. The smallest absolute Gasteiger partial charge is 0.246 e. The highest BCUT2D eigenvalue weighted by molar-refractivity contribution is 6.35. The number of fused-ring (bicyclic) bond motifs is 1. The van der Waals surface area contributed by atoms with E-state index in [1.807, 2.05) is 13.0 Å². The summed E-state index contributed by atoms with van der Waals surface area (Å²) in [6.45, 7) is 1.82. The van der Waals surface area contributed by atoms with Crippen molar-refractivity contribution in [3.8, 4) is 0 Å². The van der Waals surface area contributed by atoms with Crippen LogP contribution in [0.25, 0.3) is 0 Å². The Hall–Kier alpha value is -1.71. The molecule has 0 radical (unpaired) electrons. The largest absolute Gasteiger partial charge is 0.374 e. The van der Waals surface area contributed by atoms with Crippen molar-refractivity contribution in [2.45, 2.75) is 32.2 Å². The number of rotatable bonds is 4. The van der Waals surface area contributed by atoms with E-state index in [9.17, 15) is 4.79 Å². The molecule has 1 atom stereocenters. The Balaban J connectivity index is 1.67. The van der Waals surface area contributed by atoms with Crippen LogP contribution in [0.2, 0.25) is 10.0 Å². The number of aryl methyl sites for hydroxylation is 2. The van der Waals surface area contributed by atoms with Crippen LogP contribution in [-0.2, 0) is 17.6 Å². The van der Waals surface area contributed by atoms with Gasteiger partial charge in [-0.25, -0.2) is 0 Å². The second kappa shape index (κ2) is 6.81. The van der Waals surface area contributed by atoms with E-state index in [0.717, 1.165) is 18.5 Å². The van der Waals surface area contributed by atoms with Gasteiger partial charge in [-0.3, -0.25) is 4.79 Å². The summed E-state index contributed by atoms with van der Waals surface area (Å²) in [6, 6.07) is 10.9. The van der Waals surface area contributed by atoms with E-state index >= 15 is 0 Å². The summed E-state index contributed by atoms with van der Waals surface area (Å²) in [7, 11) is 0. The van der Waals surface area contributed by atoms with Crippen LogP contribution in [0.15, 0.2) is 36.4 Å². The van der Waals surface area contributed by atoms with Gasteiger partial charge in [0, 0.05) is 10.7 Å². The lowest BCUT2D eigenvalue weighted by Crippen LogP contribution is -2.32. The molecular weight excluding hydrogens is 331 g/mol. The van der Waals surface area contributed by atoms with Crippen LogP contribution in [0.5, 0.6) is 0 Å². The van der Waals surface area contributed by atoms with E-state index in [1.54, 1.807) is 18.2 Å². The first-order valence-electron chi connectivity index (χ1n) is 7.67. The number of carbonyl (C=O) groups is 1. The van der Waals surface area contributed by atoms with Crippen molar-refractivity contribution in [3.05, 3.63) is 57.6 Å². The van der Waals surface area contributed by atoms with Crippen LogP contribution < -0.4 is 10.6 Å². The van der Waals surface area contributed by atoms with Gasteiger partial charge in [0.15, 0.2) is 0 Å². The van der Waals surface area contributed by atoms with Crippen LogP contribution in [0.1, 0.15) is 24.5 Å². The predicted octanol–water partition coefficient (Wildman–Crippen LogP) is 4.92. The van der Waals surface area contributed by atoms with Crippen LogP contribution in [0, 0.1) is 0 Å². The van der Waals surface area contributed by atoms with Crippen molar-refractivity contribution in [2.75, 3.05) is 10.6 Å². The standard InChI is InChI=1S/C18H18Cl2N2O/c1-11(18(23)22-17-10-14(19)6-8-16(17)20)21-15-7-5-12-3-2-4-13(12)9-15/h5-11,21H,2-4H2,1H3,(H,22,23)/t11-/m0/s1. The minimum Gasteiger partial charge on any atom is -0.374 e. The van der Waals surface area contributed by atoms with Gasteiger partial charge in [0.05, 0.1) is 10.7 Å². The summed E-state index contributed by atoms with van der Waals surface area (Å²) in [6.07, 6.45) is 3.48. The van der Waals surface area contributed by atoms with Crippen molar-refractivity contribution in [1.29, 1.82) is 0 Å². The third-order valence-corrected chi connectivity index (χ3v) is 4.63. The maximum Gasteiger partial charge on any atom is 0.246 e. The minimum atomic E-state index is -0.385. The molecule has 0 saturated carbocycles. The topological polar surface area (TPSA) is 41.1 Å². The lowest BCUT2D eigenvalue weighted by Gasteiger charge is -2.17. The molecule has 1 aliphatic carbocycles. The molecular formula is C18H18Cl2N2O. The quantitative estimate of drug-likeness (QED) is 0.823. The molecule has 120 valence electrons. The average Bonchev–Trinajstić information content (AvgIpc) is 2.98. The fourth-order valence-corrected chi connectivity index (χ4v) is 3.15. The highest BCUT2D eigenvalue weighted by Crippen LogP contribution is 2.27. The number of benzene rings is 2. The molecule has 23 heavy (non-hydrogen) atoms. The number of carbonyl (C=O) groups excluding carboxylic acids is 1. The lowest BCUT2D eigenvalue weighted by molar-refractivity contribution is -0.116. The van der Waals surface area contributed by atoms with Gasteiger partial charge in [-0.05, 0) is 67.6 Å². The zero-order valence-corrected chi connectivity index (χ0v) is 14.3. The molecule has 3 nitrogen and oxygen atoms in total. The zero-order valence-electron chi connectivity index (χ0n) is 12.8. The second-order valence-corrected chi connectivity index (χ2v) is 6.66. The minimum absolute atomic E-state index is 0.158. The molecule has 0 unspecified atom stereocenters. The monoisotopic (exact) mass is 348 g/mol. The van der Waals surface area contributed by atoms with Gasteiger partial charge < -0.3 is 10.6 Å². The molecule has 0 spiro atoms. The van der Waals surface area contributed by atoms with E-state index in [0.29, 0.717) is 15.7 Å². The third kappa shape index (κ3) is 3.80. The summed E-state index contributed by atoms with van der Waals surface area (Å²) < 4.78 is 0. The van der Waals surface area contributed by atoms with E-state index in [4.69, 9.17) is 23.2 Å². The molecule has 0 bridgehead atoms. The first kappa shape index (κ1) is 16.2. The van der Waals surface area contributed by atoms with Crippen molar-refractivity contribution < 1.29 is 4.79 Å². The van der Waals surface area contributed by atoms with Crippen molar-refractivity contribution in [1.82, 2.24) is 0 Å². The first-order valence-corrected chi connectivity index (χ1v) is 8.43. The Morgan fingerprint density at radius 3 is 2.70 bits per heavy atom. The molecule has 2 aromatic rings. The molecule has 1 aliphatic rings. The van der Waals surface area contributed by atoms with E-state index in [2.05, 4.69) is 22.8 Å². The van der Waals surface area contributed by atoms with Gasteiger partial charge >= 0.3 is 0 Å². The highest BCUT2D eigenvalue weighted by Gasteiger charge is 2.16. The molecule has 0 saturated heterocycles. The molecule has 0 fully saturated rings. The summed E-state index contributed by atoms with van der Waals surface area (Å²) >= 11 is 12.0. The van der Waals surface area contributed by atoms with Gasteiger partial charge in [-0.15, -0.1) is 0 Å². The van der Waals surface area contributed by atoms with Crippen molar-refractivity contribution in [2.24, 2.45) is 0 Å². The molecule has 3 rings (SSSR count). The van der Waals surface area contributed by atoms with Crippen LogP contribution in [0.4, 0.5) is 11.4 Å². The molecule has 2 aromatic carbocycles. The number of halogens is 2. The van der Waals surface area contributed by atoms with Crippen molar-refractivity contribution >= 4 is 40.5 Å². The number of hydrogen-bond donors (Lipinski definition) is 2. The maximum absolute atomic E-state index is 12.3.